The number of unbranched alkanes of at least 4 members (excludes halogenated alkanes) is 1. The molecule has 1 fully saturated rings. The Kier molecular flexibility index (Phi) is 7.70. The van der Waals surface area contributed by atoms with Crippen molar-refractivity contribution in [2.45, 2.75) is 71.1 Å². The Morgan fingerprint density at radius 3 is 2.39 bits per heavy atom. The molecule has 0 aromatic rings. The Hall–Kier alpha value is -0.860. The van der Waals surface area contributed by atoms with Gasteiger partial charge in [-0.3, -0.25) is 9.59 Å². The lowest BCUT2D eigenvalue weighted by Gasteiger charge is -2.20. The lowest BCUT2D eigenvalue weighted by molar-refractivity contribution is -0.143. The number of carbonyl (C=O) groups is 2. The Bertz CT molecular complexity index is 254. The van der Waals surface area contributed by atoms with Crippen LogP contribution in [0.4, 0.5) is 0 Å². The molecule has 0 saturated heterocycles. The van der Waals surface area contributed by atoms with E-state index in [0.29, 0.717) is 31.1 Å². The maximum Gasteiger partial charge on any atom is 0.305 e. The second kappa shape index (κ2) is 9.12. The number of Topliss-reactive ketones (excluding diaryl/α,β-unsaturated/α-hetero) is 1. The summed E-state index contributed by atoms with van der Waals surface area (Å²) < 4.78 is 4.99. The lowest BCUT2D eigenvalue weighted by atomic mass is 9.84. The molecule has 3 nitrogen and oxygen atoms in total. The molecule has 3 heteroatoms. The zero-order chi connectivity index (χ0) is 13.2. The van der Waals surface area contributed by atoms with Crippen LogP contribution in [-0.4, -0.2) is 18.4 Å². The van der Waals surface area contributed by atoms with E-state index >= 15 is 0 Å². The van der Waals surface area contributed by atoms with E-state index in [2.05, 4.69) is 0 Å². The Labute approximate surface area is 110 Å². The second-order valence-electron chi connectivity index (χ2n) is 5.23. The molecular formula is C15H26O3. The van der Waals surface area contributed by atoms with Crippen LogP contribution in [0, 0.1) is 5.92 Å². The van der Waals surface area contributed by atoms with Crippen LogP contribution >= 0.6 is 0 Å². The van der Waals surface area contributed by atoms with E-state index in [1.54, 1.807) is 0 Å². The summed E-state index contributed by atoms with van der Waals surface area (Å²) in [7, 11) is 0. The molecule has 18 heavy (non-hydrogen) atoms. The van der Waals surface area contributed by atoms with Crippen molar-refractivity contribution >= 4 is 11.8 Å². The number of esters is 1. The fourth-order valence-electron chi connectivity index (χ4n) is 2.49. The maximum absolute atomic E-state index is 11.9. The molecule has 0 aromatic carbocycles. The number of hydrogen-bond acceptors (Lipinski definition) is 3. The van der Waals surface area contributed by atoms with Gasteiger partial charge in [-0.15, -0.1) is 0 Å². The van der Waals surface area contributed by atoms with Gasteiger partial charge in [-0.25, -0.2) is 0 Å². The van der Waals surface area contributed by atoms with Crippen molar-refractivity contribution < 1.29 is 14.3 Å². The third-order valence-electron chi connectivity index (χ3n) is 3.58. The van der Waals surface area contributed by atoms with Gasteiger partial charge in [0.15, 0.2) is 0 Å². The van der Waals surface area contributed by atoms with E-state index in [9.17, 15) is 9.59 Å². The Morgan fingerprint density at radius 1 is 1.06 bits per heavy atom. The number of ether oxygens (including phenoxy) is 1. The first-order valence-corrected chi connectivity index (χ1v) is 7.42. The van der Waals surface area contributed by atoms with Crippen molar-refractivity contribution in [1.82, 2.24) is 0 Å². The van der Waals surface area contributed by atoms with E-state index in [4.69, 9.17) is 4.74 Å². The largest absolute Gasteiger partial charge is 0.466 e. The molecule has 1 aliphatic carbocycles. The van der Waals surface area contributed by atoms with Gasteiger partial charge in [-0.2, -0.15) is 0 Å². The molecule has 0 bridgehead atoms. The summed E-state index contributed by atoms with van der Waals surface area (Å²) in [6.07, 6.45) is 9.44. The Balaban J connectivity index is 2.02. The first-order chi connectivity index (χ1) is 8.74. The van der Waals surface area contributed by atoms with Crippen LogP contribution in [0.5, 0.6) is 0 Å². The standard InChI is InChI=1S/C15H26O3/c1-2-12-18-15(17)11-7-6-10-14(16)13-8-4-3-5-9-13/h13H,2-12H2,1H3. The van der Waals surface area contributed by atoms with Crippen molar-refractivity contribution in [2.24, 2.45) is 5.92 Å². The minimum Gasteiger partial charge on any atom is -0.466 e. The zero-order valence-corrected chi connectivity index (χ0v) is 11.6. The van der Waals surface area contributed by atoms with Crippen molar-refractivity contribution in [3.8, 4) is 0 Å². The van der Waals surface area contributed by atoms with Gasteiger partial charge < -0.3 is 4.74 Å². The van der Waals surface area contributed by atoms with Crippen LogP contribution in [-0.2, 0) is 14.3 Å². The maximum atomic E-state index is 11.9. The molecule has 1 rings (SSSR count). The number of carbonyl (C=O) groups excluding carboxylic acids is 2. The van der Waals surface area contributed by atoms with E-state index in [1.165, 1.54) is 19.3 Å². The van der Waals surface area contributed by atoms with Crippen LogP contribution in [0.3, 0.4) is 0 Å². The lowest BCUT2D eigenvalue weighted by Crippen LogP contribution is -2.17. The van der Waals surface area contributed by atoms with E-state index in [-0.39, 0.29) is 5.97 Å². The average molecular weight is 254 g/mol. The van der Waals surface area contributed by atoms with Crippen LogP contribution < -0.4 is 0 Å². The number of ketones is 1. The molecule has 0 aliphatic heterocycles. The molecule has 0 N–H and O–H groups in total. The van der Waals surface area contributed by atoms with E-state index < -0.39 is 0 Å². The molecule has 104 valence electrons. The molecule has 1 saturated carbocycles. The normalized spacial score (nSPS) is 16.5. The molecule has 0 radical (unpaired) electrons. The van der Waals surface area contributed by atoms with E-state index in [1.807, 2.05) is 6.92 Å². The minimum atomic E-state index is -0.123. The third-order valence-corrected chi connectivity index (χ3v) is 3.58. The average Bonchev–Trinajstić information content (AvgIpc) is 2.42. The highest BCUT2D eigenvalue weighted by Crippen LogP contribution is 2.25. The first-order valence-electron chi connectivity index (χ1n) is 7.42. The monoisotopic (exact) mass is 254 g/mol. The summed E-state index contributed by atoms with van der Waals surface area (Å²) in [6.45, 7) is 2.50. The minimum absolute atomic E-state index is 0.123. The third kappa shape index (κ3) is 6.18. The van der Waals surface area contributed by atoms with Gasteiger partial charge in [0.05, 0.1) is 6.61 Å². The fourth-order valence-corrected chi connectivity index (χ4v) is 2.49. The van der Waals surface area contributed by atoms with Gasteiger partial charge in [0.2, 0.25) is 0 Å². The summed E-state index contributed by atoms with van der Waals surface area (Å²) in [5, 5.41) is 0. The molecule has 0 spiro atoms. The van der Waals surface area contributed by atoms with Crippen molar-refractivity contribution in [3.63, 3.8) is 0 Å². The predicted molar refractivity (Wildman–Crippen MR) is 71.3 cm³/mol. The van der Waals surface area contributed by atoms with E-state index in [0.717, 1.165) is 32.1 Å². The number of rotatable bonds is 8. The number of hydrogen-bond donors (Lipinski definition) is 0. The zero-order valence-electron chi connectivity index (χ0n) is 11.6. The molecule has 0 unspecified atom stereocenters. The SMILES string of the molecule is CCCOC(=O)CCCCC(=O)C1CCCCC1. The highest BCUT2D eigenvalue weighted by molar-refractivity contribution is 5.81. The van der Waals surface area contributed by atoms with Crippen molar-refractivity contribution in [3.05, 3.63) is 0 Å². The van der Waals surface area contributed by atoms with Crippen LogP contribution in [0.2, 0.25) is 0 Å². The molecule has 0 aromatic heterocycles. The van der Waals surface area contributed by atoms with Crippen LogP contribution in [0.25, 0.3) is 0 Å². The van der Waals surface area contributed by atoms with Gasteiger partial charge >= 0.3 is 5.97 Å². The van der Waals surface area contributed by atoms with Crippen molar-refractivity contribution in [1.29, 1.82) is 0 Å². The Morgan fingerprint density at radius 2 is 1.72 bits per heavy atom. The fraction of sp³-hybridized carbons (Fsp3) is 0.867. The molecule has 1 aliphatic rings. The first kappa shape index (κ1) is 15.2. The molecule has 0 atom stereocenters. The summed E-state index contributed by atoms with van der Waals surface area (Å²) >= 11 is 0. The molecular weight excluding hydrogens is 228 g/mol. The van der Waals surface area contributed by atoms with Gasteiger partial charge in [0.25, 0.3) is 0 Å². The summed E-state index contributed by atoms with van der Waals surface area (Å²) in [4.78, 5) is 23.1. The van der Waals surface area contributed by atoms with Gasteiger partial charge in [-0.05, 0) is 32.1 Å². The molecule has 0 heterocycles. The smallest absolute Gasteiger partial charge is 0.305 e. The quantitative estimate of drug-likeness (QED) is 0.490. The summed E-state index contributed by atoms with van der Waals surface area (Å²) in [6, 6.07) is 0. The van der Waals surface area contributed by atoms with Gasteiger partial charge in [-0.1, -0.05) is 26.2 Å². The van der Waals surface area contributed by atoms with Crippen molar-refractivity contribution in [2.75, 3.05) is 6.61 Å². The highest BCUT2D eigenvalue weighted by Gasteiger charge is 2.20. The predicted octanol–water partition coefficient (Wildman–Crippen LogP) is 3.65. The van der Waals surface area contributed by atoms with Gasteiger partial charge in [0, 0.05) is 18.8 Å². The molecule has 0 amide bonds. The highest BCUT2D eigenvalue weighted by atomic mass is 16.5. The summed E-state index contributed by atoms with van der Waals surface area (Å²) in [5.74, 6) is 0.601. The van der Waals surface area contributed by atoms with Gasteiger partial charge in [0.1, 0.15) is 5.78 Å². The summed E-state index contributed by atoms with van der Waals surface area (Å²) in [5.41, 5.74) is 0. The van der Waals surface area contributed by atoms with Crippen LogP contribution in [0.1, 0.15) is 71.1 Å². The van der Waals surface area contributed by atoms with Crippen LogP contribution in [0.15, 0.2) is 0 Å². The topological polar surface area (TPSA) is 43.4 Å². The second-order valence-corrected chi connectivity index (χ2v) is 5.23.